The van der Waals surface area contributed by atoms with Gasteiger partial charge in [0.05, 0.1) is 7.11 Å². The third-order valence-electron chi connectivity index (χ3n) is 3.33. The van der Waals surface area contributed by atoms with Crippen LogP contribution in [-0.2, 0) is 6.42 Å². The standard InChI is InChI=1S/C16H17NO2S/c1-18-15-9-12(17)6-7-16(15)20-10-13-8-11-4-2-3-5-14(11)19-13/h2-7,9,13H,8,10,17H2,1H3. The van der Waals surface area contributed by atoms with Gasteiger partial charge < -0.3 is 15.2 Å². The van der Waals surface area contributed by atoms with Gasteiger partial charge in [0.2, 0.25) is 0 Å². The average molecular weight is 287 g/mol. The second-order valence-corrected chi connectivity index (χ2v) is 5.83. The van der Waals surface area contributed by atoms with Crippen LogP contribution in [0.3, 0.4) is 0 Å². The van der Waals surface area contributed by atoms with Crippen molar-refractivity contribution in [2.45, 2.75) is 17.4 Å². The van der Waals surface area contributed by atoms with Crippen molar-refractivity contribution in [1.29, 1.82) is 0 Å². The molecule has 4 heteroatoms. The lowest BCUT2D eigenvalue weighted by atomic mass is 10.1. The number of para-hydroxylation sites is 1. The first-order valence-corrected chi connectivity index (χ1v) is 7.55. The van der Waals surface area contributed by atoms with E-state index in [0.29, 0.717) is 0 Å². The van der Waals surface area contributed by atoms with E-state index >= 15 is 0 Å². The maximum Gasteiger partial charge on any atom is 0.134 e. The Kier molecular flexibility index (Phi) is 3.74. The predicted octanol–water partition coefficient (Wildman–Crippen LogP) is 3.37. The molecule has 2 aromatic carbocycles. The molecule has 3 nitrogen and oxygen atoms in total. The van der Waals surface area contributed by atoms with Crippen molar-refractivity contribution in [3.05, 3.63) is 48.0 Å². The molecule has 20 heavy (non-hydrogen) atoms. The number of hydrogen-bond donors (Lipinski definition) is 1. The maximum absolute atomic E-state index is 5.94. The van der Waals surface area contributed by atoms with Crippen LogP contribution in [0.5, 0.6) is 11.5 Å². The van der Waals surface area contributed by atoms with Crippen LogP contribution in [0.4, 0.5) is 5.69 Å². The van der Waals surface area contributed by atoms with E-state index < -0.39 is 0 Å². The molecule has 1 heterocycles. The molecule has 2 aromatic rings. The van der Waals surface area contributed by atoms with Crippen molar-refractivity contribution < 1.29 is 9.47 Å². The molecule has 1 aliphatic rings. The van der Waals surface area contributed by atoms with Gasteiger partial charge in [-0.05, 0) is 23.8 Å². The highest BCUT2D eigenvalue weighted by molar-refractivity contribution is 7.99. The molecule has 0 saturated heterocycles. The Morgan fingerprint density at radius 2 is 2.15 bits per heavy atom. The number of methoxy groups -OCH3 is 1. The molecule has 1 atom stereocenters. The third kappa shape index (κ3) is 2.70. The van der Waals surface area contributed by atoms with Crippen LogP contribution in [0.1, 0.15) is 5.56 Å². The summed E-state index contributed by atoms with van der Waals surface area (Å²) >= 11 is 1.74. The number of fused-ring (bicyclic) bond motifs is 1. The second-order valence-electron chi connectivity index (χ2n) is 4.77. The van der Waals surface area contributed by atoms with Gasteiger partial charge in [-0.1, -0.05) is 18.2 Å². The van der Waals surface area contributed by atoms with Crippen LogP contribution >= 0.6 is 11.8 Å². The monoisotopic (exact) mass is 287 g/mol. The molecule has 0 spiro atoms. The van der Waals surface area contributed by atoms with Gasteiger partial charge in [-0.2, -0.15) is 0 Å². The first kappa shape index (κ1) is 13.2. The van der Waals surface area contributed by atoms with Gasteiger partial charge in [-0.25, -0.2) is 0 Å². The highest BCUT2D eigenvalue weighted by Crippen LogP contribution is 2.35. The van der Waals surface area contributed by atoms with Gasteiger partial charge in [-0.15, -0.1) is 11.8 Å². The second kappa shape index (κ2) is 5.67. The Hall–Kier alpha value is -1.81. The zero-order valence-corrected chi connectivity index (χ0v) is 12.2. The molecule has 3 rings (SSSR count). The molecule has 0 saturated carbocycles. The van der Waals surface area contributed by atoms with E-state index in [4.69, 9.17) is 15.2 Å². The van der Waals surface area contributed by atoms with E-state index in [2.05, 4.69) is 12.1 Å². The first-order valence-electron chi connectivity index (χ1n) is 6.57. The highest BCUT2D eigenvalue weighted by atomic mass is 32.2. The summed E-state index contributed by atoms with van der Waals surface area (Å²) in [6.07, 6.45) is 1.19. The Labute approximate surface area is 123 Å². The number of thioether (sulfide) groups is 1. The SMILES string of the molecule is COc1cc(N)ccc1SCC1Cc2ccccc2O1. The Morgan fingerprint density at radius 1 is 1.30 bits per heavy atom. The number of hydrogen-bond acceptors (Lipinski definition) is 4. The number of nitrogens with two attached hydrogens (primary N) is 1. The molecule has 1 unspecified atom stereocenters. The van der Waals surface area contributed by atoms with E-state index in [1.54, 1.807) is 18.9 Å². The van der Waals surface area contributed by atoms with Crippen LogP contribution in [0, 0.1) is 0 Å². The number of nitrogen functional groups attached to an aromatic ring is 1. The van der Waals surface area contributed by atoms with E-state index in [0.717, 1.165) is 34.3 Å². The van der Waals surface area contributed by atoms with Crippen LogP contribution in [0.25, 0.3) is 0 Å². The Bertz CT molecular complexity index is 590. The molecular weight excluding hydrogens is 270 g/mol. The fourth-order valence-corrected chi connectivity index (χ4v) is 3.33. The highest BCUT2D eigenvalue weighted by Gasteiger charge is 2.22. The predicted molar refractivity (Wildman–Crippen MR) is 82.7 cm³/mol. The fourth-order valence-electron chi connectivity index (χ4n) is 2.33. The van der Waals surface area contributed by atoms with Crippen molar-refractivity contribution in [2.75, 3.05) is 18.6 Å². The van der Waals surface area contributed by atoms with E-state index in [1.807, 2.05) is 30.3 Å². The number of ether oxygens (including phenoxy) is 2. The largest absolute Gasteiger partial charge is 0.496 e. The minimum atomic E-state index is 0.222. The molecule has 1 aliphatic heterocycles. The van der Waals surface area contributed by atoms with Crippen molar-refractivity contribution in [3.63, 3.8) is 0 Å². The van der Waals surface area contributed by atoms with Gasteiger partial charge in [0.1, 0.15) is 17.6 Å². The first-order chi connectivity index (χ1) is 9.76. The Morgan fingerprint density at radius 3 is 2.95 bits per heavy atom. The third-order valence-corrected chi connectivity index (χ3v) is 4.51. The number of rotatable bonds is 4. The van der Waals surface area contributed by atoms with Gasteiger partial charge in [-0.3, -0.25) is 0 Å². The van der Waals surface area contributed by atoms with Crippen LogP contribution in [0.2, 0.25) is 0 Å². The summed E-state index contributed by atoms with van der Waals surface area (Å²) in [5.74, 6) is 2.74. The number of benzene rings is 2. The summed E-state index contributed by atoms with van der Waals surface area (Å²) in [6, 6.07) is 14.0. The summed E-state index contributed by atoms with van der Waals surface area (Å²) in [4.78, 5) is 1.10. The maximum atomic E-state index is 5.94. The summed E-state index contributed by atoms with van der Waals surface area (Å²) in [7, 11) is 1.67. The normalized spacial score (nSPS) is 16.6. The van der Waals surface area contributed by atoms with Crippen molar-refractivity contribution in [1.82, 2.24) is 0 Å². The minimum absolute atomic E-state index is 0.222. The lowest BCUT2D eigenvalue weighted by Crippen LogP contribution is -2.15. The van der Waals surface area contributed by atoms with Gasteiger partial charge in [0, 0.05) is 28.8 Å². The molecule has 0 fully saturated rings. The summed E-state index contributed by atoms with van der Waals surface area (Å²) in [5, 5.41) is 0. The van der Waals surface area contributed by atoms with Crippen LogP contribution in [0.15, 0.2) is 47.4 Å². The quantitative estimate of drug-likeness (QED) is 0.691. The zero-order chi connectivity index (χ0) is 13.9. The number of anilines is 1. The van der Waals surface area contributed by atoms with Crippen LogP contribution < -0.4 is 15.2 Å². The fraction of sp³-hybridized carbons (Fsp3) is 0.250. The van der Waals surface area contributed by atoms with Crippen LogP contribution in [-0.4, -0.2) is 19.0 Å². The van der Waals surface area contributed by atoms with E-state index in [-0.39, 0.29) is 6.10 Å². The van der Waals surface area contributed by atoms with E-state index in [9.17, 15) is 0 Å². The van der Waals surface area contributed by atoms with Gasteiger partial charge in [0.15, 0.2) is 0 Å². The Balaban J connectivity index is 1.64. The van der Waals surface area contributed by atoms with Gasteiger partial charge >= 0.3 is 0 Å². The molecule has 0 bridgehead atoms. The van der Waals surface area contributed by atoms with Crippen molar-refractivity contribution in [3.8, 4) is 11.5 Å². The topological polar surface area (TPSA) is 44.5 Å². The minimum Gasteiger partial charge on any atom is -0.496 e. The van der Waals surface area contributed by atoms with Crippen molar-refractivity contribution >= 4 is 17.4 Å². The summed E-state index contributed by atoms with van der Waals surface area (Å²) in [5.41, 5.74) is 7.78. The molecule has 0 aromatic heterocycles. The molecule has 2 N–H and O–H groups in total. The molecular formula is C16H17NO2S. The van der Waals surface area contributed by atoms with Gasteiger partial charge in [0.25, 0.3) is 0 Å². The lowest BCUT2D eigenvalue weighted by molar-refractivity contribution is 0.259. The summed E-state index contributed by atoms with van der Waals surface area (Å²) < 4.78 is 11.3. The zero-order valence-electron chi connectivity index (χ0n) is 11.3. The smallest absolute Gasteiger partial charge is 0.134 e. The van der Waals surface area contributed by atoms with Crippen molar-refractivity contribution in [2.24, 2.45) is 0 Å². The molecule has 0 amide bonds. The summed E-state index contributed by atoms with van der Waals surface area (Å²) in [6.45, 7) is 0. The van der Waals surface area contributed by atoms with E-state index in [1.165, 1.54) is 5.56 Å². The molecule has 0 radical (unpaired) electrons. The average Bonchev–Trinajstić information content (AvgIpc) is 2.88. The molecule has 104 valence electrons. The molecule has 0 aliphatic carbocycles. The lowest BCUT2D eigenvalue weighted by Gasteiger charge is -2.12.